The third kappa shape index (κ3) is 3.71. The van der Waals surface area contributed by atoms with Crippen LogP contribution in [-0.2, 0) is 15.7 Å². The molecule has 0 saturated carbocycles. The minimum absolute atomic E-state index is 0.0536. The van der Waals surface area contributed by atoms with Crippen molar-refractivity contribution in [3.05, 3.63) is 29.6 Å². The molecular weight excluding hydrogens is 367 g/mol. The average Bonchev–Trinajstić information content (AvgIpc) is 2.99. The molecule has 1 aromatic heterocycles. The number of methoxy groups -OCH3 is 1. The third-order valence-corrected chi connectivity index (χ3v) is 5.19. The first-order chi connectivity index (χ1) is 12.7. The minimum Gasteiger partial charge on any atom is -0.465 e. The summed E-state index contributed by atoms with van der Waals surface area (Å²) in [6.45, 7) is 0.908. The summed E-state index contributed by atoms with van der Waals surface area (Å²) >= 11 is 0. The summed E-state index contributed by atoms with van der Waals surface area (Å²) in [6.07, 6.45) is -4.05. The number of carbonyl (C=O) groups excluding carboxylic acids is 1. The Bertz CT molecular complexity index is 736. The molecule has 2 fully saturated rings. The first-order valence-corrected chi connectivity index (χ1v) is 8.45. The highest BCUT2D eigenvalue weighted by molar-refractivity contribution is 5.85. The molecule has 0 aliphatic carbocycles. The Labute approximate surface area is 153 Å². The van der Waals surface area contributed by atoms with Gasteiger partial charge in [0.15, 0.2) is 0 Å². The number of hydrogen-bond donors (Lipinski definition) is 1. The number of aromatic nitrogens is 1. The predicted octanol–water partition coefficient (Wildman–Crippen LogP) is 2.04. The second-order valence-corrected chi connectivity index (χ2v) is 7.04. The predicted molar refractivity (Wildman–Crippen MR) is 87.1 cm³/mol. The van der Waals surface area contributed by atoms with Crippen molar-refractivity contribution in [3.63, 3.8) is 0 Å². The molecule has 2 aliphatic rings. The van der Waals surface area contributed by atoms with Crippen molar-refractivity contribution in [2.75, 3.05) is 39.9 Å². The molecule has 7 nitrogen and oxygen atoms in total. The number of nitrogens with zero attached hydrogens (tertiary/aromatic N) is 3. The molecule has 1 N–H and O–H groups in total. The SMILES string of the molecule is COCC1(C(=O)N2CC(c3cc(C(F)(F)F)ccn3)C2)CCN(C(=O)O)C1. The van der Waals surface area contributed by atoms with Gasteiger partial charge in [0.25, 0.3) is 0 Å². The van der Waals surface area contributed by atoms with Crippen LogP contribution in [0.15, 0.2) is 18.3 Å². The van der Waals surface area contributed by atoms with E-state index in [4.69, 9.17) is 9.84 Å². The van der Waals surface area contributed by atoms with E-state index in [1.807, 2.05) is 0 Å². The maximum Gasteiger partial charge on any atom is 0.416 e. The summed E-state index contributed by atoms with van der Waals surface area (Å²) in [6, 6.07) is 1.93. The van der Waals surface area contributed by atoms with Crippen LogP contribution in [0, 0.1) is 5.41 Å². The van der Waals surface area contributed by atoms with Crippen LogP contribution >= 0.6 is 0 Å². The standard InChI is InChI=1S/C17H20F3N3O4/c1-27-10-16(3-5-22(9-16)15(25)26)14(24)23-7-11(8-23)13-6-12(2-4-21-13)17(18,19)20/h2,4,6,11H,3,5,7-10H2,1H3,(H,25,26). The van der Waals surface area contributed by atoms with Crippen LogP contribution in [0.3, 0.4) is 0 Å². The normalized spacial score (nSPS) is 23.4. The Balaban J connectivity index is 1.68. The number of alkyl halides is 3. The van der Waals surface area contributed by atoms with Gasteiger partial charge in [0.1, 0.15) is 0 Å². The smallest absolute Gasteiger partial charge is 0.416 e. The van der Waals surface area contributed by atoms with E-state index >= 15 is 0 Å². The van der Waals surface area contributed by atoms with Gasteiger partial charge in [-0.2, -0.15) is 13.2 Å². The van der Waals surface area contributed by atoms with Crippen LogP contribution in [0.1, 0.15) is 23.6 Å². The van der Waals surface area contributed by atoms with Crippen molar-refractivity contribution >= 4 is 12.0 Å². The van der Waals surface area contributed by atoms with Crippen molar-refractivity contribution in [2.45, 2.75) is 18.5 Å². The number of halogens is 3. The maximum atomic E-state index is 12.9. The lowest BCUT2D eigenvalue weighted by Gasteiger charge is -2.43. The van der Waals surface area contributed by atoms with Gasteiger partial charge in [0, 0.05) is 51.1 Å². The average molecular weight is 387 g/mol. The Hall–Kier alpha value is -2.36. The number of ether oxygens (including phenoxy) is 1. The highest BCUT2D eigenvalue weighted by Crippen LogP contribution is 2.38. The maximum absolute atomic E-state index is 12.9. The quantitative estimate of drug-likeness (QED) is 0.855. The van der Waals surface area contributed by atoms with Crippen LogP contribution < -0.4 is 0 Å². The second-order valence-electron chi connectivity index (χ2n) is 7.04. The number of pyridine rings is 1. The Morgan fingerprint density at radius 3 is 2.63 bits per heavy atom. The zero-order chi connectivity index (χ0) is 19.8. The molecule has 27 heavy (non-hydrogen) atoms. The van der Waals surface area contributed by atoms with Crippen molar-refractivity contribution in [1.82, 2.24) is 14.8 Å². The van der Waals surface area contributed by atoms with E-state index in [1.54, 1.807) is 0 Å². The molecule has 2 amide bonds. The topological polar surface area (TPSA) is 83.0 Å². The molecule has 1 unspecified atom stereocenters. The lowest BCUT2D eigenvalue weighted by atomic mass is 9.83. The molecule has 1 aromatic rings. The van der Waals surface area contributed by atoms with Crippen LogP contribution in [0.5, 0.6) is 0 Å². The first kappa shape index (κ1) is 19.4. The highest BCUT2D eigenvalue weighted by Gasteiger charge is 2.50. The van der Waals surface area contributed by atoms with E-state index in [2.05, 4.69) is 4.98 Å². The van der Waals surface area contributed by atoms with Crippen LogP contribution in [0.2, 0.25) is 0 Å². The molecule has 1 atom stereocenters. The van der Waals surface area contributed by atoms with Gasteiger partial charge in [0.05, 0.1) is 17.6 Å². The number of rotatable bonds is 4. The number of carboxylic acid groups (broad SMARTS) is 1. The van der Waals surface area contributed by atoms with Crippen molar-refractivity contribution in [2.24, 2.45) is 5.41 Å². The largest absolute Gasteiger partial charge is 0.465 e. The van der Waals surface area contributed by atoms with Crippen LogP contribution in [0.4, 0.5) is 18.0 Å². The lowest BCUT2D eigenvalue weighted by molar-refractivity contribution is -0.149. The number of likely N-dealkylation sites (tertiary alicyclic amines) is 2. The first-order valence-electron chi connectivity index (χ1n) is 8.45. The Morgan fingerprint density at radius 1 is 1.37 bits per heavy atom. The van der Waals surface area contributed by atoms with Crippen molar-refractivity contribution in [3.8, 4) is 0 Å². The highest BCUT2D eigenvalue weighted by atomic mass is 19.4. The summed E-state index contributed by atoms with van der Waals surface area (Å²) in [5.74, 6) is -0.496. The Morgan fingerprint density at radius 2 is 2.07 bits per heavy atom. The van der Waals surface area contributed by atoms with Gasteiger partial charge >= 0.3 is 12.3 Å². The van der Waals surface area contributed by atoms with E-state index < -0.39 is 23.2 Å². The molecule has 0 radical (unpaired) electrons. The van der Waals surface area contributed by atoms with Gasteiger partial charge in [-0.15, -0.1) is 0 Å². The molecule has 3 heterocycles. The fourth-order valence-electron chi connectivity index (χ4n) is 3.68. The zero-order valence-electron chi connectivity index (χ0n) is 14.7. The fraction of sp³-hybridized carbons (Fsp3) is 0.588. The van der Waals surface area contributed by atoms with Gasteiger partial charge in [-0.05, 0) is 18.6 Å². The van der Waals surface area contributed by atoms with E-state index in [9.17, 15) is 22.8 Å². The summed E-state index contributed by atoms with van der Waals surface area (Å²) in [5.41, 5.74) is -1.41. The fourth-order valence-corrected chi connectivity index (χ4v) is 3.68. The van der Waals surface area contributed by atoms with Crippen molar-refractivity contribution < 1.29 is 32.6 Å². The summed E-state index contributed by atoms with van der Waals surface area (Å²) in [7, 11) is 1.45. The second kappa shape index (κ2) is 6.99. The molecule has 3 rings (SSSR count). The number of carbonyl (C=O) groups is 2. The molecule has 10 heteroatoms. The van der Waals surface area contributed by atoms with Crippen molar-refractivity contribution in [1.29, 1.82) is 0 Å². The van der Waals surface area contributed by atoms with E-state index in [1.165, 1.54) is 16.9 Å². The third-order valence-electron chi connectivity index (χ3n) is 5.19. The summed E-state index contributed by atoms with van der Waals surface area (Å²) < 4.78 is 43.7. The number of amides is 2. The van der Waals surface area contributed by atoms with E-state index in [0.29, 0.717) is 12.1 Å². The molecule has 2 aliphatic heterocycles. The molecular formula is C17H20F3N3O4. The summed E-state index contributed by atoms with van der Waals surface area (Å²) in [4.78, 5) is 30.8. The van der Waals surface area contributed by atoms with Crippen LogP contribution in [0.25, 0.3) is 0 Å². The van der Waals surface area contributed by atoms with Gasteiger partial charge in [-0.25, -0.2) is 4.79 Å². The van der Waals surface area contributed by atoms with E-state index in [-0.39, 0.29) is 44.6 Å². The Kier molecular flexibility index (Phi) is 5.02. The van der Waals surface area contributed by atoms with Gasteiger partial charge < -0.3 is 19.6 Å². The van der Waals surface area contributed by atoms with Gasteiger partial charge in [0.2, 0.25) is 5.91 Å². The monoisotopic (exact) mass is 387 g/mol. The minimum atomic E-state index is -4.44. The molecule has 148 valence electrons. The number of hydrogen-bond acceptors (Lipinski definition) is 4. The molecule has 0 bridgehead atoms. The molecule has 2 saturated heterocycles. The molecule has 0 aromatic carbocycles. The van der Waals surface area contributed by atoms with E-state index in [0.717, 1.165) is 18.3 Å². The molecule has 0 spiro atoms. The summed E-state index contributed by atoms with van der Waals surface area (Å²) in [5, 5.41) is 9.15. The van der Waals surface area contributed by atoms with Crippen LogP contribution in [-0.4, -0.2) is 71.8 Å². The van der Waals surface area contributed by atoms with Gasteiger partial charge in [-0.3, -0.25) is 9.78 Å². The lowest BCUT2D eigenvalue weighted by Crippen LogP contribution is -2.56. The zero-order valence-corrected chi connectivity index (χ0v) is 14.7. The van der Waals surface area contributed by atoms with Gasteiger partial charge in [-0.1, -0.05) is 0 Å².